The van der Waals surface area contributed by atoms with Crippen molar-refractivity contribution in [1.29, 1.82) is 0 Å². The smallest absolute Gasteiger partial charge is 0.357 e. The summed E-state index contributed by atoms with van der Waals surface area (Å²) in [5.41, 5.74) is 8.02. The van der Waals surface area contributed by atoms with E-state index in [0.717, 1.165) is 5.06 Å². The van der Waals surface area contributed by atoms with Crippen LogP contribution in [0.25, 0.3) is 10.4 Å². The molecular formula is C12H20N4O7. The number of carbonyl (C=O) groups excluding carboxylic acids is 2. The van der Waals surface area contributed by atoms with E-state index < -0.39 is 17.8 Å². The van der Waals surface area contributed by atoms with Crippen molar-refractivity contribution in [2.24, 2.45) is 5.11 Å². The molecule has 11 heteroatoms. The van der Waals surface area contributed by atoms with E-state index in [1.54, 1.807) is 0 Å². The van der Waals surface area contributed by atoms with E-state index in [1.807, 2.05) is 0 Å². The van der Waals surface area contributed by atoms with Crippen LogP contribution in [0.3, 0.4) is 0 Å². The molecule has 0 aromatic rings. The Hall–Kier alpha value is -2.36. The first-order chi connectivity index (χ1) is 11.0. The molecule has 11 nitrogen and oxygen atoms in total. The number of carboxylic acids is 1. The third-order valence-corrected chi connectivity index (χ3v) is 2.36. The van der Waals surface area contributed by atoms with Crippen LogP contribution in [-0.4, -0.2) is 68.0 Å². The normalized spacial score (nSPS) is 9.78. The second kappa shape index (κ2) is 13.3. The van der Waals surface area contributed by atoms with Crippen LogP contribution in [0, 0.1) is 0 Å². The molecule has 0 aromatic carbocycles. The predicted octanol–water partition coefficient (Wildman–Crippen LogP) is 0.501. The van der Waals surface area contributed by atoms with Gasteiger partial charge < -0.3 is 19.4 Å². The largest absolute Gasteiger partial charge is 0.481 e. The maximum absolute atomic E-state index is 11.5. The van der Waals surface area contributed by atoms with Crippen molar-refractivity contribution in [3.63, 3.8) is 0 Å². The Kier molecular flexibility index (Phi) is 11.9. The SMILES string of the molecule is CN(OC(=O)COCCOCCN=[N+]=[N-])C(=O)CCCC(=O)O. The van der Waals surface area contributed by atoms with Crippen LogP contribution in [0.15, 0.2) is 5.11 Å². The van der Waals surface area contributed by atoms with Gasteiger partial charge in [0.25, 0.3) is 5.91 Å². The van der Waals surface area contributed by atoms with Gasteiger partial charge in [-0.3, -0.25) is 9.59 Å². The third kappa shape index (κ3) is 13.1. The van der Waals surface area contributed by atoms with Crippen LogP contribution < -0.4 is 0 Å². The van der Waals surface area contributed by atoms with Crippen LogP contribution in [0.4, 0.5) is 0 Å². The van der Waals surface area contributed by atoms with Gasteiger partial charge in [-0.25, -0.2) is 4.79 Å². The van der Waals surface area contributed by atoms with Gasteiger partial charge in [0.05, 0.1) is 19.8 Å². The monoisotopic (exact) mass is 332 g/mol. The molecule has 0 aliphatic rings. The number of carboxylic acid groups (broad SMARTS) is 1. The first-order valence-corrected chi connectivity index (χ1v) is 6.83. The molecule has 0 heterocycles. The molecule has 0 radical (unpaired) electrons. The molecule has 1 N–H and O–H groups in total. The highest BCUT2D eigenvalue weighted by Gasteiger charge is 2.14. The number of aliphatic carboxylic acids is 1. The number of hydrogen-bond acceptors (Lipinski definition) is 7. The van der Waals surface area contributed by atoms with Gasteiger partial charge in [-0.2, -0.15) is 5.06 Å². The first-order valence-electron chi connectivity index (χ1n) is 6.83. The van der Waals surface area contributed by atoms with Crippen molar-refractivity contribution in [3.8, 4) is 0 Å². The lowest BCUT2D eigenvalue weighted by Gasteiger charge is -2.15. The van der Waals surface area contributed by atoms with Crippen LogP contribution in [-0.2, 0) is 28.7 Å². The van der Waals surface area contributed by atoms with Gasteiger partial charge in [-0.15, -0.1) is 0 Å². The molecule has 23 heavy (non-hydrogen) atoms. The van der Waals surface area contributed by atoms with Gasteiger partial charge in [0, 0.05) is 31.3 Å². The number of nitrogens with zero attached hydrogens (tertiary/aromatic N) is 4. The second-order valence-electron chi connectivity index (χ2n) is 4.22. The molecule has 0 saturated heterocycles. The van der Waals surface area contributed by atoms with Crippen molar-refractivity contribution in [2.75, 3.05) is 40.0 Å². The summed E-state index contributed by atoms with van der Waals surface area (Å²) < 4.78 is 10.0. The molecule has 0 atom stereocenters. The summed E-state index contributed by atoms with van der Waals surface area (Å²) in [6.45, 7) is 0.477. The Bertz CT molecular complexity index is 437. The number of carbonyl (C=O) groups is 3. The molecule has 1 amide bonds. The van der Waals surface area contributed by atoms with Crippen LogP contribution in [0.2, 0.25) is 0 Å². The van der Waals surface area contributed by atoms with Crippen molar-refractivity contribution in [3.05, 3.63) is 10.4 Å². The fraction of sp³-hybridized carbons (Fsp3) is 0.750. The lowest BCUT2D eigenvalue weighted by molar-refractivity contribution is -0.196. The van der Waals surface area contributed by atoms with E-state index in [2.05, 4.69) is 10.0 Å². The summed E-state index contributed by atoms with van der Waals surface area (Å²) in [6, 6.07) is 0. The average Bonchev–Trinajstić information content (AvgIpc) is 2.49. The van der Waals surface area contributed by atoms with Gasteiger partial charge in [0.1, 0.15) is 6.61 Å². The predicted molar refractivity (Wildman–Crippen MR) is 76.0 cm³/mol. The zero-order valence-electron chi connectivity index (χ0n) is 12.8. The molecule has 0 rings (SSSR count). The Morgan fingerprint density at radius 2 is 1.87 bits per heavy atom. The summed E-state index contributed by atoms with van der Waals surface area (Å²) in [4.78, 5) is 40.5. The van der Waals surface area contributed by atoms with Gasteiger partial charge >= 0.3 is 11.9 Å². The molecule has 0 fully saturated rings. The highest BCUT2D eigenvalue weighted by atomic mass is 16.7. The fourth-order valence-corrected chi connectivity index (χ4v) is 1.30. The fourth-order valence-electron chi connectivity index (χ4n) is 1.30. The standard InChI is InChI=1S/C12H20N4O7/c1-16(10(17)3-2-4-11(18)19)23-12(20)9-22-8-7-21-6-5-14-15-13/h2-9H2,1H3,(H,18,19). The second-order valence-corrected chi connectivity index (χ2v) is 4.22. The number of ether oxygens (including phenoxy) is 2. The highest BCUT2D eigenvalue weighted by Crippen LogP contribution is 2.00. The molecule has 0 aromatic heterocycles. The average molecular weight is 332 g/mol. The van der Waals surface area contributed by atoms with Crippen molar-refractivity contribution in [2.45, 2.75) is 19.3 Å². The molecular weight excluding hydrogens is 312 g/mol. The Morgan fingerprint density at radius 1 is 1.17 bits per heavy atom. The minimum atomic E-state index is -0.993. The minimum Gasteiger partial charge on any atom is -0.481 e. The zero-order chi connectivity index (χ0) is 17.5. The van der Waals surface area contributed by atoms with E-state index in [1.165, 1.54) is 7.05 Å². The molecule has 0 spiro atoms. The third-order valence-electron chi connectivity index (χ3n) is 2.36. The Labute approximate surface area is 132 Å². The van der Waals surface area contributed by atoms with E-state index in [-0.39, 0.29) is 52.2 Å². The van der Waals surface area contributed by atoms with E-state index in [9.17, 15) is 14.4 Å². The molecule has 0 bridgehead atoms. The van der Waals surface area contributed by atoms with E-state index >= 15 is 0 Å². The minimum absolute atomic E-state index is 0.0318. The van der Waals surface area contributed by atoms with Gasteiger partial charge in [-0.05, 0) is 12.0 Å². The van der Waals surface area contributed by atoms with Gasteiger partial charge in [0.2, 0.25) is 0 Å². The van der Waals surface area contributed by atoms with Crippen LogP contribution >= 0.6 is 0 Å². The van der Waals surface area contributed by atoms with Gasteiger partial charge in [0.15, 0.2) is 0 Å². The van der Waals surface area contributed by atoms with Crippen molar-refractivity contribution < 1.29 is 33.8 Å². The molecule has 0 saturated carbocycles. The Balaban J connectivity index is 3.65. The molecule has 0 aliphatic carbocycles. The van der Waals surface area contributed by atoms with E-state index in [4.69, 9.17) is 24.9 Å². The quantitative estimate of drug-likeness (QED) is 0.180. The van der Waals surface area contributed by atoms with Gasteiger partial charge in [-0.1, -0.05) is 5.11 Å². The van der Waals surface area contributed by atoms with Crippen LogP contribution in [0.5, 0.6) is 0 Å². The topological polar surface area (TPSA) is 151 Å². The molecule has 0 aliphatic heterocycles. The zero-order valence-corrected chi connectivity index (χ0v) is 12.8. The highest BCUT2D eigenvalue weighted by molar-refractivity contribution is 5.78. The molecule has 130 valence electrons. The summed E-state index contributed by atoms with van der Waals surface area (Å²) >= 11 is 0. The Morgan fingerprint density at radius 3 is 2.52 bits per heavy atom. The summed E-state index contributed by atoms with van der Waals surface area (Å²) in [5.74, 6) is -2.25. The number of hydroxylamine groups is 2. The number of hydrogen-bond donors (Lipinski definition) is 1. The van der Waals surface area contributed by atoms with Crippen molar-refractivity contribution in [1.82, 2.24) is 5.06 Å². The number of rotatable bonds is 12. The maximum Gasteiger partial charge on any atom is 0.357 e. The summed E-state index contributed by atoms with van der Waals surface area (Å²) in [7, 11) is 1.26. The number of azide groups is 1. The first kappa shape index (κ1) is 20.6. The number of amides is 1. The summed E-state index contributed by atoms with van der Waals surface area (Å²) in [5, 5.41) is 12.5. The van der Waals surface area contributed by atoms with Crippen LogP contribution in [0.1, 0.15) is 19.3 Å². The van der Waals surface area contributed by atoms with Crippen molar-refractivity contribution >= 4 is 17.8 Å². The maximum atomic E-state index is 11.5. The molecule has 0 unspecified atom stereocenters. The summed E-state index contributed by atoms with van der Waals surface area (Å²) in [6.07, 6.45) is 0.00597. The lowest BCUT2D eigenvalue weighted by Crippen LogP contribution is -2.31. The lowest BCUT2D eigenvalue weighted by atomic mass is 10.2. The van der Waals surface area contributed by atoms with E-state index in [0.29, 0.717) is 0 Å².